The topological polar surface area (TPSA) is 269 Å². The van der Waals surface area contributed by atoms with Crippen LogP contribution >= 0.6 is 0 Å². The van der Waals surface area contributed by atoms with E-state index >= 15 is 19.2 Å². The molecule has 0 spiro atoms. The standard InChI is InChI=1S/C70H99N7O15/c1-41(2)36-53-66(83)77-35-21-29-55(77)68(85)75(11)57(38-47-30-32-50(88-12)33-31-47)70(87)91-45(8)58(73-63(80)56(37-42(3)4)74(10)67(84)54-28-20-34-76(54)65(82)46(9)89-39-48-22-15-13-16-23-48)64(81)71-52-27-19-26-51(61(52)90-40-49-24-17-14-18-25-49)69(86)92-60(43(5)6)59(78)44(7)62(79)72-53/h13-18,22-25,30-33,41-46,51-61,78H,19-21,26-29,34-40H2,1-12H3,(H,71,81)(H,72,79)(H,73,80)/t44-,45+,46-,51-,52-,53-,54-,55-,56+,57-,58-,59+,60-,61-/m0/s1. The zero-order valence-corrected chi connectivity index (χ0v) is 55.7. The van der Waals surface area contributed by atoms with Gasteiger partial charge < -0.3 is 64.3 Å². The summed E-state index contributed by atoms with van der Waals surface area (Å²) in [6.07, 6.45) is -3.64. The highest BCUT2D eigenvalue weighted by molar-refractivity contribution is 5.96. The maximum Gasteiger partial charge on any atom is 0.329 e. The molecule has 14 atom stereocenters. The Labute approximate surface area is 542 Å². The second kappa shape index (κ2) is 33.4. The Bertz CT molecular complexity index is 2990. The van der Waals surface area contributed by atoms with Crippen LogP contribution in [-0.2, 0) is 81.7 Å². The van der Waals surface area contributed by atoms with Gasteiger partial charge in [0.15, 0.2) is 0 Å². The van der Waals surface area contributed by atoms with Crippen molar-refractivity contribution < 1.29 is 71.9 Å². The predicted octanol–water partition coefficient (Wildman–Crippen LogP) is 5.92. The number of aliphatic hydroxyl groups is 1. The second-order valence-corrected chi connectivity index (χ2v) is 26.6. The maximum absolute atomic E-state index is 15.6. The summed E-state index contributed by atoms with van der Waals surface area (Å²) in [7, 11) is 4.44. The van der Waals surface area contributed by atoms with Crippen molar-refractivity contribution in [1.82, 2.24) is 35.6 Å². The van der Waals surface area contributed by atoms with Crippen LogP contribution in [0.1, 0.15) is 137 Å². The van der Waals surface area contributed by atoms with Crippen LogP contribution in [0.2, 0.25) is 0 Å². The Morgan fingerprint density at radius 3 is 1.99 bits per heavy atom. The number of esters is 2. The second-order valence-electron chi connectivity index (χ2n) is 26.6. The van der Waals surface area contributed by atoms with Crippen molar-refractivity contribution in [3.05, 3.63) is 102 Å². The molecule has 1 saturated carbocycles. The molecule has 4 aliphatic rings. The molecule has 3 aromatic carbocycles. The molecular formula is C70H99N7O15. The van der Waals surface area contributed by atoms with Crippen molar-refractivity contribution >= 4 is 53.3 Å². The lowest BCUT2D eigenvalue weighted by atomic mass is 9.82. The molecule has 2 bridgehead atoms. The Hall–Kier alpha value is -7.43. The number of ether oxygens (including phenoxy) is 5. The third-order valence-corrected chi connectivity index (χ3v) is 18.4. The first kappa shape index (κ1) is 72.0. The minimum absolute atomic E-state index is 0.000533. The van der Waals surface area contributed by atoms with E-state index in [1.54, 1.807) is 45.0 Å². The highest BCUT2D eigenvalue weighted by Gasteiger charge is 2.48. The number of benzene rings is 3. The third-order valence-electron chi connectivity index (χ3n) is 18.4. The Kier molecular flexibility index (Phi) is 26.2. The number of methoxy groups -OCH3 is 1. The van der Waals surface area contributed by atoms with E-state index in [0.29, 0.717) is 37.0 Å². The molecule has 7 amide bonds. The Balaban J connectivity index is 1.29. The van der Waals surface area contributed by atoms with Crippen LogP contribution in [0.25, 0.3) is 0 Å². The van der Waals surface area contributed by atoms with Crippen molar-refractivity contribution in [3.63, 3.8) is 0 Å². The molecule has 7 rings (SSSR count). The first-order valence-corrected chi connectivity index (χ1v) is 32.9. The van der Waals surface area contributed by atoms with Gasteiger partial charge in [-0.25, -0.2) is 4.79 Å². The van der Waals surface area contributed by atoms with E-state index in [-0.39, 0.29) is 82.6 Å². The van der Waals surface area contributed by atoms with Crippen LogP contribution < -0.4 is 20.7 Å². The number of amides is 7. The van der Waals surface area contributed by atoms with E-state index in [9.17, 15) is 29.1 Å². The first-order valence-electron chi connectivity index (χ1n) is 32.9. The van der Waals surface area contributed by atoms with Crippen molar-refractivity contribution in [2.45, 2.75) is 213 Å². The summed E-state index contributed by atoms with van der Waals surface area (Å²) in [6, 6.07) is 17.1. The van der Waals surface area contributed by atoms with Gasteiger partial charge in [0.2, 0.25) is 35.4 Å². The number of nitrogens with one attached hydrogen (secondary N) is 3. The molecule has 1 aliphatic carbocycles. The van der Waals surface area contributed by atoms with Gasteiger partial charge in [-0.05, 0) is 112 Å². The number of cyclic esters (lactones) is 2. The number of carbonyl (C=O) groups excluding carboxylic acids is 9. The molecule has 22 heteroatoms. The highest BCUT2D eigenvalue weighted by Crippen LogP contribution is 2.33. The average molecular weight is 1280 g/mol. The minimum atomic E-state index is -1.70. The predicted molar refractivity (Wildman–Crippen MR) is 342 cm³/mol. The molecule has 4 N–H and O–H groups in total. The lowest BCUT2D eigenvalue weighted by Crippen LogP contribution is -2.62. The number of hydrogen-bond donors (Lipinski definition) is 4. The lowest BCUT2D eigenvalue weighted by molar-refractivity contribution is -0.177. The van der Waals surface area contributed by atoms with E-state index < -0.39 is 138 Å². The molecule has 3 aromatic rings. The summed E-state index contributed by atoms with van der Waals surface area (Å²) in [5, 5.41) is 20.9. The SMILES string of the molecule is COc1ccc(C[C@H]2C(=O)O[C@H](C)[C@H](NC(=O)[C@@H](CC(C)C)N(C)C(=O)[C@@H]3CCCN3C(=O)[C@H](C)OCc3ccccc3)C(=O)N[C@H]3CCC[C@H](C(=O)O[C@@H](C(C)C)[C@H](O)[C@H](C)C(=O)N[C@@H](CC(C)C)C(=O)N4CCC[C@H]4C(=O)N2C)[C@@H]3OCc2ccccc2)cc1. The lowest BCUT2D eigenvalue weighted by Gasteiger charge is -2.39. The first-order chi connectivity index (χ1) is 43.8. The van der Waals surface area contributed by atoms with Crippen molar-refractivity contribution in [1.29, 1.82) is 0 Å². The van der Waals surface area contributed by atoms with Gasteiger partial charge >= 0.3 is 11.9 Å². The van der Waals surface area contributed by atoms with Crippen molar-refractivity contribution in [2.24, 2.45) is 29.6 Å². The summed E-state index contributed by atoms with van der Waals surface area (Å²) in [5.41, 5.74) is 2.23. The monoisotopic (exact) mass is 1280 g/mol. The van der Waals surface area contributed by atoms with Crippen molar-refractivity contribution in [2.75, 3.05) is 34.3 Å². The fourth-order valence-electron chi connectivity index (χ4n) is 13.0. The smallest absolute Gasteiger partial charge is 0.329 e. The zero-order chi connectivity index (χ0) is 67.1. The van der Waals surface area contributed by atoms with Gasteiger partial charge in [-0.1, -0.05) is 128 Å². The van der Waals surface area contributed by atoms with Crippen LogP contribution in [0.4, 0.5) is 0 Å². The summed E-state index contributed by atoms with van der Waals surface area (Å²) < 4.78 is 30.7. The number of likely N-dealkylation sites (tertiary alicyclic amines) is 1. The van der Waals surface area contributed by atoms with E-state index in [1.165, 1.54) is 54.7 Å². The van der Waals surface area contributed by atoms with Crippen LogP contribution in [0.15, 0.2) is 84.9 Å². The molecule has 22 nitrogen and oxygen atoms in total. The number of nitrogens with zero attached hydrogens (tertiary/aromatic N) is 4. The van der Waals surface area contributed by atoms with Gasteiger partial charge in [-0.2, -0.15) is 0 Å². The van der Waals surface area contributed by atoms with E-state index in [2.05, 4.69) is 16.0 Å². The molecule has 3 heterocycles. The number of hydrogen-bond acceptors (Lipinski definition) is 15. The Morgan fingerprint density at radius 2 is 1.37 bits per heavy atom. The van der Waals surface area contributed by atoms with Crippen LogP contribution in [0.5, 0.6) is 5.75 Å². The molecular weight excluding hydrogens is 1180 g/mol. The van der Waals surface area contributed by atoms with Crippen LogP contribution in [-0.4, -0.2) is 185 Å². The summed E-state index contributed by atoms with van der Waals surface area (Å²) >= 11 is 0. The fraction of sp³-hybridized carbons (Fsp3) is 0.614. The number of aliphatic hydroxyl groups excluding tert-OH is 1. The van der Waals surface area contributed by atoms with Crippen LogP contribution in [0.3, 0.4) is 0 Å². The number of likely N-dealkylation sites (N-methyl/N-ethyl adjacent to an activating group) is 2. The third kappa shape index (κ3) is 18.4. The van der Waals surface area contributed by atoms with Crippen molar-refractivity contribution in [3.8, 4) is 5.75 Å². The van der Waals surface area contributed by atoms with Crippen LogP contribution in [0, 0.1) is 29.6 Å². The Morgan fingerprint density at radius 1 is 0.728 bits per heavy atom. The largest absolute Gasteiger partial charge is 0.497 e. The molecule has 504 valence electrons. The molecule has 4 fully saturated rings. The number of carbonyl (C=O) groups is 9. The van der Waals surface area contributed by atoms with Gasteiger partial charge in [0.1, 0.15) is 66.4 Å². The normalized spacial score (nSPS) is 27.2. The van der Waals surface area contributed by atoms with Gasteiger partial charge in [0.25, 0.3) is 5.91 Å². The molecule has 0 unspecified atom stereocenters. The summed E-state index contributed by atoms with van der Waals surface area (Å²) in [5.74, 6) is -8.49. The quantitative estimate of drug-likeness (QED) is 0.101. The van der Waals surface area contributed by atoms with E-state index in [1.807, 2.05) is 88.4 Å². The summed E-state index contributed by atoms with van der Waals surface area (Å²) in [4.78, 5) is 140. The van der Waals surface area contributed by atoms with E-state index in [4.69, 9.17) is 23.7 Å². The van der Waals surface area contributed by atoms with Gasteiger partial charge in [-0.3, -0.25) is 38.4 Å². The highest BCUT2D eigenvalue weighted by atomic mass is 16.6. The number of fused-ring (bicyclic) bond motifs is 3. The average Bonchev–Trinajstić information content (AvgIpc) is 1.38. The molecule has 0 aromatic heterocycles. The fourth-order valence-corrected chi connectivity index (χ4v) is 13.0. The molecule has 92 heavy (non-hydrogen) atoms. The summed E-state index contributed by atoms with van der Waals surface area (Å²) in [6.45, 7) is 16.2. The number of rotatable bonds is 19. The zero-order valence-electron chi connectivity index (χ0n) is 55.7. The maximum atomic E-state index is 15.6. The van der Waals surface area contributed by atoms with Gasteiger partial charge in [0.05, 0.1) is 44.3 Å². The molecule has 3 aliphatic heterocycles. The van der Waals surface area contributed by atoms with Gasteiger partial charge in [0, 0.05) is 33.6 Å². The molecule has 3 saturated heterocycles. The molecule has 0 radical (unpaired) electrons. The van der Waals surface area contributed by atoms with E-state index in [0.717, 1.165) is 11.1 Å². The minimum Gasteiger partial charge on any atom is -0.497 e. The van der Waals surface area contributed by atoms with Gasteiger partial charge in [-0.15, -0.1) is 0 Å².